The van der Waals surface area contributed by atoms with Gasteiger partial charge in [0.05, 0.1) is 0 Å². The molecule has 1 aromatic heterocycles. The molecule has 0 atom stereocenters. The van der Waals surface area contributed by atoms with Crippen molar-refractivity contribution in [2.24, 2.45) is 5.73 Å². The van der Waals surface area contributed by atoms with Gasteiger partial charge in [0.15, 0.2) is 5.17 Å². The Kier molecular flexibility index (Phi) is 3.73. The number of hydrogen-bond donors (Lipinski definition) is 4. The highest BCUT2D eigenvalue weighted by molar-refractivity contribution is 8.13. The lowest BCUT2D eigenvalue weighted by atomic mass is 10.2. The summed E-state index contributed by atoms with van der Waals surface area (Å²) in [5, 5.41) is 7.07. The topological polar surface area (TPSA) is 122 Å². The molecule has 15 heavy (non-hydrogen) atoms. The van der Waals surface area contributed by atoms with Gasteiger partial charge in [-0.1, -0.05) is 11.8 Å². The summed E-state index contributed by atoms with van der Waals surface area (Å²) in [5.41, 5.74) is 11.6. The van der Waals surface area contributed by atoms with Crippen molar-refractivity contribution >= 4 is 22.9 Å². The second kappa shape index (κ2) is 4.83. The van der Waals surface area contributed by atoms with Crippen LogP contribution in [0.5, 0.6) is 0 Å². The van der Waals surface area contributed by atoms with Crippen LogP contribution in [0.1, 0.15) is 11.3 Å². The molecule has 0 bridgehead atoms. The maximum atomic E-state index is 11.5. The lowest BCUT2D eigenvalue weighted by Gasteiger charge is -2.04. The van der Waals surface area contributed by atoms with E-state index in [9.17, 15) is 4.79 Å². The molecule has 6 N–H and O–H groups in total. The van der Waals surface area contributed by atoms with E-state index < -0.39 is 0 Å². The van der Waals surface area contributed by atoms with Crippen LogP contribution in [0.15, 0.2) is 4.79 Å². The molecule has 0 radical (unpaired) electrons. The number of H-pyrrole nitrogens is 1. The maximum absolute atomic E-state index is 11.5. The summed E-state index contributed by atoms with van der Waals surface area (Å²) in [6.07, 6.45) is 0.526. The number of aromatic amines is 1. The SMILES string of the molecule is Cc1nc(N)[nH]c(=O)c1CCSC(=N)N. The predicted octanol–water partition coefficient (Wildman–Crippen LogP) is -0.170. The molecular formula is C8H13N5OS. The van der Waals surface area contributed by atoms with Gasteiger partial charge in [0.2, 0.25) is 5.95 Å². The summed E-state index contributed by atoms with van der Waals surface area (Å²) in [5.74, 6) is 0.714. The van der Waals surface area contributed by atoms with E-state index in [0.29, 0.717) is 23.4 Å². The Bertz CT molecular complexity index is 428. The van der Waals surface area contributed by atoms with Crippen molar-refractivity contribution in [3.05, 3.63) is 21.6 Å². The summed E-state index contributed by atoms with van der Waals surface area (Å²) in [6.45, 7) is 1.74. The van der Waals surface area contributed by atoms with Crippen LogP contribution >= 0.6 is 11.8 Å². The zero-order valence-electron chi connectivity index (χ0n) is 8.33. The van der Waals surface area contributed by atoms with Crippen molar-refractivity contribution in [1.29, 1.82) is 5.41 Å². The van der Waals surface area contributed by atoms with Crippen LogP contribution in [0.4, 0.5) is 5.95 Å². The molecule has 0 amide bonds. The number of nitrogen functional groups attached to an aromatic ring is 1. The third kappa shape index (κ3) is 3.28. The first kappa shape index (κ1) is 11.6. The molecule has 0 fully saturated rings. The standard InChI is InChI=1S/C8H13N5OS/c1-4-5(2-3-15-7(9)10)6(14)13-8(11)12-4/h2-3H2,1H3,(H3,9,10)(H3,11,12,13,14). The number of nitrogens with zero attached hydrogens (tertiary/aromatic N) is 1. The molecule has 0 saturated carbocycles. The van der Waals surface area contributed by atoms with Gasteiger partial charge in [-0.15, -0.1) is 0 Å². The second-order valence-electron chi connectivity index (χ2n) is 2.98. The van der Waals surface area contributed by atoms with Crippen LogP contribution in [-0.2, 0) is 6.42 Å². The van der Waals surface area contributed by atoms with Crippen molar-refractivity contribution in [1.82, 2.24) is 9.97 Å². The Balaban J connectivity index is 2.77. The Labute approximate surface area is 91.0 Å². The fourth-order valence-electron chi connectivity index (χ4n) is 1.19. The number of rotatable bonds is 3. The molecule has 0 saturated heterocycles. The molecule has 82 valence electrons. The Morgan fingerprint density at radius 2 is 2.33 bits per heavy atom. The van der Waals surface area contributed by atoms with Crippen LogP contribution in [0, 0.1) is 12.3 Å². The molecule has 0 aliphatic heterocycles. The van der Waals surface area contributed by atoms with Crippen molar-refractivity contribution < 1.29 is 0 Å². The summed E-state index contributed by atoms with van der Waals surface area (Å²) < 4.78 is 0. The van der Waals surface area contributed by atoms with E-state index in [1.165, 1.54) is 11.8 Å². The van der Waals surface area contributed by atoms with Gasteiger partial charge in [-0.25, -0.2) is 4.98 Å². The minimum absolute atomic E-state index is 0.0486. The monoisotopic (exact) mass is 227 g/mol. The number of amidine groups is 1. The molecule has 1 heterocycles. The normalized spacial score (nSPS) is 10.2. The quantitative estimate of drug-likeness (QED) is 0.422. The molecule has 1 rings (SSSR count). The Hall–Kier alpha value is -1.50. The zero-order valence-corrected chi connectivity index (χ0v) is 9.15. The van der Waals surface area contributed by atoms with Gasteiger partial charge >= 0.3 is 0 Å². The molecule has 0 aliphatic rings. The number of nitrogens with two attached hydrogens (primary N) is 2. The highest BCUT2D eigenvalue weighted by Gasteiger charge is 2.06. The van der Waals surface area contributed by atoms with E-state index in [2.05, 4.69) is 9.97 Å². The number of aromatic nitrogens is 2. The van der Waals surface area contributed by atoms with Crippen LogP contribution in [0.3, 0.4) is 0 Å². The van der Waals surface area contributed by atoms with Crippen LogP contribution in [-0.4, -0.2) is 20.9 Å². The lowest BCUT2D eigenvalue weighted by molar-refractivity contribution is 0.978. The van der Waals surface area contributed by atoms with E-state index in [4.69, 9.17) is 16.9 Å². The van der Waals surface area contributed by atoms with Gasteiger partial charge in [0.25, 0.3) is 5.56 Å². The summed E-state index contributed by atoms with van der Waals surface area (Å²) in [6, 6.07) is 0. The molecule has 6 nitrogen and oxygen atoms in total. The Morgan fingerprint density at radius 3 is 2.87 bits per heavy atom. The minimum atomic E-state index is -0.218. The average molecular weight is 227 g/mol. The number of hydrogen-bond acceptors (Lipinski definition) is 5. The smallest absolute Gasteiger partial charge is 0.255 e. The third-order valence-corrected chi connectivity index (χ3v) is 2.57. The predicted molar refractivity (Wildman–Crippen MR) is 62.1 cm³/mol. The van der Waals surface area contributed by atoms with Crippen molar-refractivity contribution in [3.8, 4) is 0 Å². The summed E-state index contributed by atoms with van der Waals surface area (Å²) in [4.78, 5) is 17.9. The first-order chi connectivity index (χ1) is 7.00. The van der Waals surface area contributed by atoms with Crippen LogP contribution in [0.25, 0.3) is 0 Å². The molecule has 0 spiro atoms. The fraction of sp³-hybridized carbons (Fsp3) is 0.375. The van der Waals surface area contributed by atoms with Crippen molar-refractivity contribution in [3.63, 3.8) is 0 Å². The largest absolute Gasteiger partial charge is 0.379 e. The first-order valence-corrected chi connectivity index (χ1v) is 5.31. The van der Waals surface area contributed by atoms with Crippen molar-refractivity contribution in [2.45, 2.75) is 13.3 Å². The van der Waals surface area contributed by atoms with Gasteiger partial charge in [-0.05, 0) is 13.3 Å². The number of aryl methyl sites for hydroxylation is 1. The summed E-state index contributed by atoms with van der Waals surface area (Å²) in [7, 11) is 0. The first-order valence-electron chi connectivity index (χ1n) is 4.33. The summed E-state index contributed by atoms with van der Waals surface area (Å²) >= 11 is 1.20. The molecule has 0 aromatic carbocycles. The highest BCUT2D eigenvalue weighted by atomic mass is 32.2. The lowest BCUT2D eigenvalue weighted by Crippen LogP contribution is -2.19. The number of thioether (sulfide) groups is 1. The molecule has 1 aromatic rings. The molecule has 7 heteroatoms. The van der Waals surface area contributed by atoms with Gasteiger partial charge in [-0.2, -0.15) is 0 Å². The number of nitrogens with one attached hydrogen (secondary N) is 2. The van der Waals surface area contributed by atoms with E-state index in [-0.39, 0.29) is 16.7 Å². The van der Waals surface area contributed by atoms with E-state index in [1.54, 1.807) is 6.92 Å². The fourth-order valence-corrected chi connectivity index (χ4v) is 1.72. The third-order valence-electron chi connectivity index (χ3n) is 1.85. The maximum Gasteiger partial charge on any atom is 0.255 e. The minimum Gasteiger partial charge on any atom is -0.379 e. The van der Waals surface area contributed by atoms with Crippen LogP contribution in [0.2, 0.25) is 0 Å². The van der Waals surface area contributed by atoms with E-state index >= 15 is 0 Å². The van der Waals surface area contributed by atoms with Gasteiger partial charge < -0.3 is 11.5 Å². The second-order valence-corrected chi connectivity index (χ2v) is 4.11. The van der Waals surface area contributed by atoms with Gasteiger partial charge in [0.1, 0.15) is 0 Å². The highest BCUT2D eigenvalue weighted by Crippen LogP contribution is 2.06. The van der Waals surface area contributed by atoms with Crippen LogP contribution < -0.4 is 17.0 Å². The molecular weight excluding hydrogens is 214 g/mol. The van der Waals surface area contributed by atoms with E-state index in [0.717, 1.165) is 0 Å². The Morgan fingerprint density at radius 1 is 1.67 bits per heavy atom. The average Bonchev–Trinajstić information content (AvgIpc) is 2.08. The van der Waals surface area contributed by atoms with Gasteiger partial charge in [-0.3, -0.25) is 15.2 Å². The number of anilines is 1. The van der Waals surface area contributed by atoms with Gasteiger partial charge in [0, 0.05) is 17.0 Å². The molecule has 0 aliphatic carbocycles. The van der Waals surface area contributed by atoms with E-state index in [1.807, 2.05) is 0 Å². The zero-order chi connectivity index (χ0) is 11.4. The van der Waals surface area contributed by atoms with Crippen molar-refractivity contribution in [2.75, 3.05) is 11.5 Å². The molecule has 0 unspecified atom stereocenters.